The molecular formula is C21H25NO4S. The first-order valence-electron chi connectivity index (χ1n) is 9.07. The summed E-state index contributed by atoms with van der Waals surface area (Å²) < 4.78 is 40.0. The maximum Gasteiger partial charge on any atom is 0.268 e. The Bertz CT molecular complexity index is 1030. The van der Waals surface area contributed by atoms with E-state index in [9.17, 15) is 8.42 Å². The lowest BCUT2D eigenvalue weighted by atomic mass is 10.1. The van der Waals surface area contributed by atoms with Gasteiger partial charge in [0.25, 0.3) is 10.0 Å². The molecule has 0 saturated heterocycles. The van der Waals surface area contributed by atoms with E-state index in [0.29, 0.717) is 24.4 Å². The van der Waals surface area contributed by atoms with E-state index in [1.165, 1.54) is 3.97 Å². The fourth-order valence-electron chi connectivity index (χ4n) is 3.24. The number of fused-ring (bicyclic) bond motifs is 1. The first-order valence-corrected chi connectivity index (χ1v) is 10.5. The summed E-state index contributed by atoms with van der Waals surface area (Å²) >= 11 is 0. The van der Waals surface area contributed by atoms with Crippen LogP contribution in [0.5, 0.6) is 0 Å². The van der Waals surface area contributed by atoms with Crippen molar-refractivity contribution in [2.45, 2.75) is 38.9 Å². The molecule has 1 aromatic heterocycles. The number of rotatable bonds is 7. The number of aromatic nitrogens is 1. The molecule has 0 aliphatic heterocycles. The number of hydrogen-bond acceptors (Lipinski definition) is 4. The number of benzene rings is 2. The number of aryl methyl sites for hydroxylation is 2. The largest absolute Gasteiger partial charge is 0.347 e. The lowest BCUT2D eigenvalue weighted by Crippen LogP contribution is -2.21. The van der Waals surface area contributed by atoms with Crippen molar-refractivity contribution in [1.82, 2.24) is 3.97 Å². The van der Waals surface area contributed by atoms with E-state index in [1.807, 2.05) is 52.0 Å². The SMILES string of the molecule is CCOC(OCC)c1c(C)c2ccccc2n1S(=O)(=O)c1ccc(C)cc1. The van der Waals surface area contributed by atoms with E-state index in [0.717, 1.165) is 16.5 Å². The quantitative estimate of drug-likeness (QED) is 0.558. The Labute approximate surface area is 160 Å². The summed E-state index contributed by atoms with van der Waals surface area (Å²) in [6, 6.07) is 14.3. The predicted molar refractivity (Wildman–Crippen MR) is 106 cm³/mol. The molecule has 0 unspecified atom stereocenters. The minimum absolute atomic E-state index is 0.238. The second-order valence-corrected chi connectivity index (χ2v) is 8.14. The summed E-state index contributed by atoms with van der Waals surface area (Å²) in [6.45, 7) is 8.39. The Kier molecular flexibility index (Phi) is 5.69. The molecule has 0 amide bonds. The minimum Gasteiger partial charge on any atom is -0.347 e. The topological polar surface area (TPSA) is 57.5 Å². The molecule has 3 aromatic rings. The summed E-state index contributed by atoms with van der Waals surface area (Å²) in [4.78, 5) is 0.238. The van der Waals surface area contributed by atoms with Gasteiger partial charge in [0.05, 0.1) is 16.1 Å². The van der Waals surface area contributed by atoms with Crippen molar-refractivity contribution in [3.63, 3.8) is 0 Å². The molecule has 3 rings (SSSR count). The molecule has 0 aliphatic carbocycles. The standard InChI is InChI=1S/C21H25NO4S/c1-5-25-21(26-6-2)20-16(4)18-9-7-8-10-19(18)22(20)27(23,24)17-13-11-15(3)12-14-17/h7-14,21H,5-6H2,1-4H3. The molecule has 144 valence electrons. The molecule has 5 nitrogen and oxygen atoms in total. The molecule has 0 saturated carbocycles. The monoisotopic (exact) mass is 387 g/mol. The van der Waals surface area contributed by atoms with Crippen LogP contribution in [-0.2, 0) is 19.5 Å². The molecule has 6 heteroatoms. The summed E-state index contributed by atoms with van der Waals surface area (Å²) in [6.07, 6.45) is -0.757. The number of hydrogen-bond donors (Lipinski definition) is 0. The predicted octanol–water partition coefficient (Wildman–Crippen LogP) is 4.57. The maximum atomic E-state index is 13.6. The highest BCUT2D eigenvalue weighted by atomic mass is 32.2. The molecule has 0 N–H and O–H groups in total. The van der Waals surface area contributed by atoms with Crippen molar-refractivity contribution in [3.05, 3.63) is 65.4 Å². The molecule has 0 atom stereocenters. The third-order valence-electron chi connectivity index (χ3n) is 4.55. The van der Waals surface area contributed by atoms with Crippen LogP contribution in [0.15, 0.2) is 53.4 Å². The van der Waals surface area contributed by atoms with Gasteiger partial charge in [-0.2, -0.15) is 0 Å². The number of ether oxygens (including phenoxy) is 2. The van der Waals surface area contributed by atoms with Crippen LogP contribution in [0.3, 0.4) is 0 Å². The fourth-order valence-corrected chi connectivity index (χ4v) is 4.83. The molecule has 0 fully saturated rings. The highest BCUT2D eigenvalue weighted by Gasteiger charge is 2.30. The van der Waals surface area contributed by atoms with Crippen LogP contribution in [-0.4, -0.2) is 25.6 Å². The Morgan fingerprint density at radius 3 is 2.11 bits per heavy atom. The van der Waals surface area contributed by atoms with Crippen molar-refractivity contribution in [3.8, 4) is 0 Å². The maximum absolute atomic E-state index is 13.6. The molecule has 0 aliphatic rings. The van der Waals surface area contributed by atoms with Crippen LogP contribution in [0, 0.1) is 13.8 Å². The second-order valence-electron chi connectivity index (χ2n) is 6.35. The van der Waals surface area contributed by atoms with Gasteiger partial charge in [-0.05, 0) is 51.5 Å². The summed E-state index contributed by atoms with van der Waals surface area (Å²) in [5.41, 5.74) is 2.98. The minimum atomic E-state index is -3.82. The third-order valence-corrected chi connectivity index (χ3v) is 6.29. The van der Waals surface area contributed by atoms with E-state index in [4.69, 9.17) is 9.47 Å². The Balaban J connectivity index is 2.33. The van der Waals surface area contributed by atoms with Gasteiger partial charge in [-0.3, -0.25) is 0 Å². The van der Waals surface area contributed by atoms with Crippen LogP contribution >= 0.6 is 0 Å². The van der Waals surface area contributed by atoms with Crippen LogP contribution < -0.4 is 0 Å². The molecule has 0 spiro atoms. The Morgan fingerprint density at radius 1 is 0.926 bits per heavy atom. The molecule has 1 heterocycles. The van der Waals surface area contributed by atoms with Crippen LogP contribution in [0.25, 0.3) is 10.9 Å². The lowest BCUT2D eigenvalue weighted by molar-refractivity contribution is -0.143. The fraction of sp³-hybridized carbons (Fsp3) is 0.333. The van der Waals surface area contributed by atoms with Crippen LogP contribution in [0.2, 0.25) is 0 Å². The average Bonchev–Trinajstić information content (AvgIpc) is 2.95. The average molecular weight is 388 g/mol. The second kappa shape index (κ2) is 7.84. The normalized spacial score (nSPS) is 12.2. The van der Waals surface area contributed by atoms with E-state index in [-0.39, 0.29) is 4.90 Å². The molecule has 27 heavy (non-hydrogen) atoms. The van der Waals surface area contributed by atoms with Crippen molar-refractivity contribution in [2.75, 3.05) is 13.2 Å². The highest BCUT2D eigenvalue weighted by Crippen LogP contribution is 2.35. The Morgan fingerprint density at radius 2 is 1.52 bits per heavy atom. The van der Waals surface area contributed by atoms with Gasteiger partial charge in [0.1, 0.15) is 0 Å². The van der Waals surface area contributed by atoms with Gasteiger partial charge >= 0.3 is 0 Å². The van der Waals surface area contributed by atoms with Crippen LogP contribution in [0.4, 0.5) is 0 Å². The van der Waals surface area contributed by atoms with Crippen molar-refractivity contribution in [2.24, 2.45) is 0 Å². The van der Waals surface area contributed by atoms with Gasteiger partial charge in [0.15, 0.2) is 6.29 Å². The highest BCUT2D eigenvalue weighted by molar-refractivity contribution is 7.90. The first-order chi connectivity index (χ1) is 12.9. The Hall–Kier alpha value is -2.15. The molecular weight excluding hydrogens is 362 g/mol. The zero-order chi connectivity index (χ0) is 19.6. The van der Waals surface area contributed by atoms with Gasteiger partial charge in [0.2, 0.25) is 0 Å². The molecule has 0 radical (unpaired) electrons. The van der Waals surface area contributed by atoms with Crippen LogP contribution in [0.1, 0.15) is 37.0 Å². The molecule has 0 bridgehead atoms. The van der Waals surface area contributed by atoms with Crippen molar-refractivity contribution in [1.29, 1.82) is 0 Å². The summed E-state index contributed by atoms with van der Waals surface area (Å²) in [7, 11) is -3.82. The zero-order valence-electron chi connectivity index (χ0n) is 16.1. The third kappa shape index (κ3) is 3.52. The van der Waals surface area contributed by atoms with E-state index in [2.05, 4.69) is 0 Å². The van der Waals surface area contributed by atoms with E-state index in [1.54, 1.807) is 24.3 Å². The van der Waals surface area contributed by atoms with E-state index < -0.39 is 16.3 Å². The summed E-state index contributed by atoms with van der Waals surface area (Å²) in [5.74, 6) is 0. The first kappa shape index (κ1) is 19.6. The van der Waals surface area contributed by atoms with Gasteiger partial charge in [-0.15, -0.1) is 0 Å². The lowest BCUT2D eigenvalue weighted by Gasteiger charge is -2.21. The van der Waals surface area contributed by atoms with E-state index >= 15 is 0 Å². The number of nitrogens with zero attached hydrogens (tertiary/aromatic N) is 1. The smallest absolute Gasteiger partial charge is 0.268 e. The van der Waals surface area contributed by atoms with Gasteiger partial charge < -0.3 is 9.47 Å². The zero-order valence-corrected chi connectivity index (χ0v) is 16.9. The van der Waals surface area contributed by atoms with Gasteiger partial charge in [-0.1, -0.05) is 35.9 Å². The van der Waals surface area contributed by atoms with Gasteiger partial charge in [0, 0.05) is 18.6 Å². The number of para-hydroxylation sites is 1. The van der Waals surface area contributed by atoms with Crippen molar-refractivity contribution < 1.29 is 17.9 Å². The molecule has 2 aromatic carbocycles. The van der Waals surface area contributed by atoms with Gasteiger partial charge in [-0.25, -0.2) is 12.4 Å². The van der Waals surface area contributed by atoms with Crippen molar-refractivity contribution >= 4 is 20.9 Å². The summed E-state index contributed by atoms with van der Waals surface area (Å²) in [5, 5.41) is 0.868.